The van der Waals surface area contributed by atoms with Crippen LogP contribution in [0.2, 0.25) is 0 Å². The lowest BCUT2D eigenvalue weighted by molar-refractivity contribution is 0.504. The summed E-state index contributed by atoms with van der Waals surface area (Å²) >= 11 is 0. The van der Waals surface area contributed by atoms with Crippen molar-refractivity contribution in [3.8, 4) is 0 Å². The molecule has 0 rings (SSSR count). The highest BCUT2D eigenvalue weighted by Gasteiger charge is 2.10. The molecule has 0 heteroatoms. The fourth-order valence-corrected chi connectivity index (χ4v) is 1.43. The first-order valence-corrected chi connectivity index (χ1v) is 10.2. The number of rotatable bonds is 5. The third-order valence-electron chi connectivity index (χ3n) is 3.17. The second-order valence-corrected chi connectivity index (χ2v) is 5.56. The van der Waals surface area contributed by atoms with Crippen molar-refractivity contribution in [2.24, 2.45) is 5.41 Å². The Bertz CT molecular complexity index is 392. The van der Waals surface area contributed by atoms with Gasteiger partial charge >= 0.3 is 0 Å². The zero-order valence-corrected chi connectivity index (χ0v) is 20.3. The molecule has 0 radical (unpaired) electrons. The predicted octanol–water partition coefficient (Wildman–Crippen LogP) is 9.88. The van der Waals surface area contributed by atoms with Crippen LogP contribution in [0.3, 0.4) is 0 Å². The summed E-state index contributed by atoms with van der Waals surface area (Å²) in [6, 6.07) is 0. The summed E-state index contributed by atoms with van der Waals surface area (Å²) in [6.07, 6.45) is 12.7. The van der Waals surface area contributed by atoms with E-state index in [9.17, 15) is 0 Å². The first kappa shape index (κ1) is 35.5. The minimum Gasteiger partial charge on any atom is -0.0991 e. The van der Waals surface area contributed by atoms with Gasteiger partial charge in [0.2, 0.25) is 0 Å². The normalized spacial score (nSPS) is 10.8. The van der Waals surface area contributed by atoms with Crippen molar-refractivity contribution < 1.29 is 0 Å². The molecule has 0 N–H and O–H groups in total. The van der Waals surface area contributed by atoms with Crippen LogP contribution in [-0.4, -0.2) is 0 Å². The molecule has 0 fully saturated rings. The molecule has 0 heterocycles. The van der Waals surface area contributed by atoms with E-state index in [0.717, 1.165) is 6.42 Å². The van der Waals surface area contributed by atoms with E-state index in [1.165, 1.54) is 16.7 Å². The Morgan fingerprint density at radius 2 is 1.19 bits per heavy atom. The molecule has 0 saturated heterocycles. The highest BCUT2D eigenvalue weighted by molar-refractivity contribution is 5.40. The predicted molar refractivity (Wildman–Crippen MR) is 130 cm³/mol. The standard InChI is InChI=1S/C11H16.C9H16.3C2H6/c1-5-9-11(8-4)10(6-2)7-3;1-6-7-8(2)9(3,4)5;3*1-2/h5-6,8-9H,1,4,7H2,2-3H3;6-7H,1H2,2-5H3;3*1-2H3/b10-6+,11-9+;8-7+;;;. The van der Waals surface area contributed by atoms with Crippen LogP contribution in [0.4, 0.5) is 0 Å². The molecule has 0 aromatic rings. The van der Waals surface area contributed by atoms with E-state index in [2.05, 4.69) is 66.5 Å². The van der Waals surface area contributed by atoms with E-state index in [-0.39, 0.29) is 0 Å². The smallest absolute Gasteiger partial charge is 0.0173 e. The van der Waals surface area contributed by atoms with Crippen LogP contribution in [0.5, 0.6) is 0 Å². The molecule has 0 unspecified atom stereocenters. The summed E-state index contributed by atoms with van der Waals surface area (Å²) in [5.74, 6) is 0. The van der Waals surface area contributed by atoms with Gasteiger partial charge in [-0.2, -0.15) is 0 Å². The van der Waals surface area contributed by atoms with Gasteiger partial charge in [-0.3, -0.25) is 0 Å². The average molecular weight is 363 g/mol. The van der Waals surface area contributed by atoms with E-state index in [4.69, 9.17) is 0 Å². The second kappa shape index (κ2) is 28.3. The Morgan fingerprint density at radius 1 is 0.808 bits per heavy atom. The molecule has 0 amide bonds. The highest BCUT2D eigenvalue weighted by atomic mass is 14.2. The Kier molecular flexibility index (Phi) is 38.6. The first-order chi connectivity index (χ1) is 12.3. The minimum atomic E-state index is 0.300. The van der Waals surface area contributed by atoms with E-state index in [0.29, 0.717) is 5.41 Å². The maximum absolute atomic E-state index is 3.74. The molecule has 0 aliphatic rings. The van der Waals surface area contributed by atoms with Crippen molar-refractivity contribution >= 4 is 0 Å². The molecule has 154 valence electrons. The van der Waals surface area contributed by atoms with Gasteiger partial charge in [0.25, 0.3) is 0 Å². The molecule has 0 aromatic heterocycles. The molecular formula is C26H50. The lowest BCUT2D eigenvalue weighted by atomic mass is 9.87. The van der Waals surface area contributed by atoms with E-state index in [1.807, 2.05) is 66.7 Å². The molecule has 0 atom stereocenters. The summed E-state index contributed by atoms with van der Waals surface area (Å²) in [5.41, 5.74) is 4.16. The fraction of sp³-hybridized carbons (Fsp3) is 0.538. The van der Waals surface area contributed by atoms with Crippen molar-refractivity contribution in [3.05, 3.63) is 72.9 Å². The lowest BCUT2D eigenvalue weighted by Gasteiger charge is -2.18. The quantitative estimate of drug-likeness (QED) is 0.427. The summed E-state index contributed by atoms with van der Waals surface area (Å²) in [6.45, 7) is 35.9. The molecular weight excluding hydrogens is 312 g/mol. The van der Waals surface area contributed by atoms with Crippen molar-refractivity contribution in [2.45, 2.75) is 89.5 Å². The SMILES string of the molecule is C=C/C=C(C=C)/C(=C/C)CC.C=C/C=C(\C)C(C)(C)C.CC.CC.CC. The zero-order chi connectivity index (χ0) is 22.2. The van der Waals surface area contributed by atoms with Crippen molar-refractivity contribution in [2.75, 3.05) is 0 Å². The molecule has 0 aliphatic carbocycles. The maximum Gasteiger partial charge on any atom is -0.0173 e. The van der Waals surface area contributed by atoms with Crippen molar-refractivity contribution in [1.29, 1.82) is 0 Å². The topological polar surface area (TPSA) is 0 Å². The van der Waals surface area contributed by atoms with Crippen molar-refractivity contribution in [1.82, 2.24) is 0 Å². The Morgan fingerprint density at radius 3 is 1.35 bits per heavy atom. The third-order valence-corrected chi connectivity index (χ3v) is 3.17. The Hall–Kier alpha value is -1.56. The summed E-state index contributed by atoms with van der Waals surface area (Å²) < 4.78 is 0. The number of allylic oxidation sites excluding steroid dienone is 9. The maximum atomic E-state index is 3.74. The van der Waals surface area contributed by atoms with Gasteiger partial charge in [-0.05, 0) is 36.8 Å². The summed E-state index contributed by atoms with van der Waals surface area (Å²) in [5, 5.41) is 0. The van der Waals surface area contributed by atoms with Gasteiger partial charge in [0, 0.05) is 0 Å². The average Bonchev–Trinajstić information content (AvgIpc) is 2.66. The minimum absolute atomic E-state index is 0.300. The first-order valence-electron chi connectivity index (χ1n) is 10.2. The van der Waals surface area contributed by atoms with Gasteiger partial charge in [0.15, 0.2) is 0 Å². The highest BCUT2D eigenvalue weighted by Crippen LogP contribution is 2.23. The molecule has 0 saturated carbocycles. The molecule has 0 aliphatic heterocycles. The zero-order valence-electron chi connectivity index (χ0n) is 20.3. The van der Waals surface area contributed by atoms with Crippen LogP contribution < -0.4 is 0 Å². The molecule has 26 heavy (non-hydrogen) atoms. The largest absolute Gasteiger partial charge is 0.0991 e. The second-order valence-electron chi connectivity index (χ2n) is 5.56. The van der Waals surface area contributed by atoms with Crippen LogP contribution in [0, 0.1) is 5.41 Å². The van der Waals surface area contributed by atoms with Crippen LogP contribution in [0.15, 0.2) is 72.9 Å². The lowest BCUT2D eigenvalue weighted by Crippen LogP contribution is -2.05. The van der Waals surface area contributed by atoms with E-state index < -0.39 is 0 Å². The monoisotopic (exact) mass is 362 g/mol. The fourth-order valence-electron chi connectivity index (χ4n) is 1.43. The summed E-state index contributed by atoms with van der Waals surface area (Å²) in [7, 11) is 0. The van der Waals surface area contributed by atoms with E-state index >= 15 is 0 Å². The molecule has 0 aromatic carbocycles. The van der Waals surface area contributed by atoms with Crippen LogP contribution >= 0.6 is 0 Å². The van der Waals surface area contributed by atoms with Crippen LogP contribution in [0.25, 0.3) is 0 Å². The number of hydrogen-bond donors (Lipinski definition) is 0. The van der Waals surface area contributed by atoms with Gasteiger partial charge in [0.05, 0.1) is 0 Å². The summed E-state index contributed by atoms with van der Waals surface area (Å²) in [4.78, 5) is 0. The molecule has 0 nitrogen and oxygen atoms in total. The Labute approximate surface area is 168 Å². The Balaban J connectivity index is -0.0000000884. The van der Waals surface area contributed by atoms with E-state index in [1.54, 1.807) is 6.08 Å². The van der Waals surface area contributed by atoms with Gasteiger partial charge in [-0.15, -0.1) is 0 Å². The van der Waals surface area contributed by atoms with Gasteiger partial charge < -0.3 is 0 Å². The third kappa shape index (κ3) is 24.7. The van der Waals surface area contributed by atoms with Gasteiger partial charge in [-0.1, -0.05) is 131 Å². The number of hydrogen-bond acceptors (Lipinski definition) is 0. The van der Waals surface area contributed by atoms with Gasteiger partial charge in [0.1, 0.15) is 0 Å². The molecule has 0 bridgehead atoms. The molecule has 0 spiro atoms. The van der Waals surface area contributed by atoms with Crippen LogP contribution in [-0.2, 0) is 0 Å². The van der Waals surface area contributed by atoms with Crippen LogP contribution in [0.1, 0.15) is 89.5 Å². The van der Waals surface area contributed by atoms with Crippen molar-refractivity contribution in [3.63, 3.8) is 0 Å². The van der Waals surface area contributed by atoms with Gasteiger partial charge in [-0.25, -0.2) is 0 Å².